The van der Waals surface area contributed by atoms with Crippen molar-refractivity contribution in [1.82, 2.24) is 15.6 Å². The highest BCUT2D eigenvalue weighted by atomic mass is 16.6. The van der Waals surface area contributed by atoms with Crippen molar-refractivity contribution in [1.29, 1.82) is 0 Å². The van der Waals surface area contributed by atoms with Crippen molar-refractivity contribution < 1.29 is 43.3 Å². The highest BCUT2D eigenvalue weighted by molar-refractivity contribution is 5.87. The molecule has 6 rings (SSSR count). The number of non-ortho nitro benzene ring substituents is 1. The molecule has 1 aromatic carbocycles. The minimum atomic E-state index is -0.990. The Morgan fingerprint density at radius 1 is 0.983 bits per heavy atom. The molecule has 59 heavy (non-hydrogen) atoms. The standard InChI is InChI=1S/C42H61N7O10/c1-26(4-13-37(52)58-23-22-57-21-20-56-19-18-44-48-43)32-9-10-33-31-8-7-29-25-30(14-16-41(29,2)34(31)15-17-42(32,33)3)45-40(53)28(6-12-36(50)51)24-27-5-11-35(49(54)55)39-38(27)46-59-47-39/h5,11,26,28-34H,4,6-10,12-25H2,1-3H3,(H,45,53)(H,50,51)/t26-,28-,29-,30-,31?,32?,33?,34?,41+,42-/m1/s1. The quantitative estimate of drug-likeness (QED) is 0.0235. The van der Waals surface area contributed by atoms with Gasteiger partial charge in [-0.2, -0.15) is 0 Å². The number of carboxylic acids is 1. The van der Waals surface area contributed by atoms with Gasteiger partial charge in [-0.25, -0.2) is 4.63 Å². The summed E-state index contributed by atoms with van der Waals surface area (Å²) in [6, 6.07) is 2.88. The van der Waals surface area contributed by atoms with E-state index in [-0.39, 0.29) is 77.9 Å². The van der Waals surface area contributed by atoms with Gasteiger partial charge in [0.05, 0.1) is 31.4 Å². The summed E-state index contributed by atoms with van der Waals surface area (Å²) in [5.74, 6) is 1.49. The summed E-state index contributed by atoms with van der Waals surface area (Å²) in [7, 11) is 0. The smallest absolute Gasteiger partial charge is 0.305 e. The van der Waals surface area contributed by atoms with Gasteiger partial charge in [-0.1, -0.05) is 25.9 Å². The second-order valence-corrected chi connectivity index (χ2v) is 18.1. The lowest BCUT2D eigenvalue weighted by molar-refractivity contribution is -0.383. The van der Waals surface area contributed by atoms with Crippen LogP contribution in [0.1, 0.15) is 110 Å². The Balaban J connectivity index is 0.982. The molecule has 4 fully saturated rings. The SMILES string of the molecule is C[C@H](CCC(=O)OCCOCCOCCN=[N+]=[N-])C1CCC2C3CC[C@@H]4C[C@H](NC(=O)[C@H](CCC(=O)O)Cc5ccc([N+](=O)[O-])c6nonc56)CC[C@]4(C)C3CC[C@@]21C. The van der Waals surface area contributed by atoms with Gasteiger partial charge in [0.25, 0.3) is 0 Å². The monoisotopic (exact) mass is 823 g/mol. The van der Waals surface area contributed by atoms with E-state index in [1.807, 2.05) is 0 Å². The van der Waals surface area contributed by atoms with Crippen LogP contribution in [0.4, 0.5) is 5.69 Å². The Labute approximate surface area is 344 Å². The minimum absolute atomic E-state index is 0.00162. The summed E-state index contributed by atoms with van der Waals surface area (Å²) in [6.45, 7) is 9.29. The predicted octanol–water partition coefficient (Wildman–Crippen LogP) is 7.60. The summed E-state index contributed by atoms with van der Waals surface area (Å²) in [5, 5.41) is 35.3. The molecule has 1 amide bonds. The van der Waals surface area contributed by atoms with Gasteiger partial charge in [0, 0.05) is 42.3 Å². The summed E-state index contributed by atoms with van der Waals surface area (Å²) >= 11 is 0. The first-order valence-electron chi connectivity index (χ1n) is 21.6. The van der Waals surface area contributed by atoms with Crippen LogP contribution in [0.2, 0.25) is 0 Å². The van der Waals surface area contributed by atoms with E-state index >= 15 is 0 Å². The van der Waals surface area contributed by atoms with Crippen LogP contribution in [-0.4, -0.2) is 83.8 Å². The Kier molecular flexibility index (Phi) is 14.9. The first-order chi connectivity index (χ1) is 28.4. The Morgan fingerprint density at radius 2 is 1.71 bits per heavy atom. The number of nitro benzene ring substituents is 1. The third-order valence-corrected chi connectivity index (χ3v) is 15.1. The molecular formula is C42H61N7O10. The van der Waals surface area contributed by atoms with Crippen LogP contribution in [-0.2, 0) is 35.0 Å². The number of rotatable bonds is 21. The molecule has 17 heteroatoms. The lowest BCUT2D eigenvalue weighted by Gasteiger charge is -2.61. The van der Waals surface area contributed by atoms with Gasteiger partial charge in [-0.3, -0.25) is 24.5 Å². The molecule has 10 atom stereocenters. The molecule has 17 nitrogen and oxygen atoms in total. The Hall–Kier alpha value is -4.34. The van der Waals surface area contributed by atoms with E-state index in [9.17, 15) is 29.6 Å². The molecule has 0 saturated heterocycles. The van der Waals surface area contributed by atoms with Crippen LogP contribution >= 0.6 is 0 Å². The number of nitrogens with one attached hydrogen (secondary N) is 1. The van der Waals surface area contributed by atoms with E-state index in [4.69, 9.17) is 24.4 Å². The first-order valence-corrected chi connectivity index (χ1v) is 21.6. The molecule has 2 N–H and O–H groups in total. The Bertz CT molecular complexity index is 1850. The molecule has 4 aliphatic rings. The van der Waals surface area contributed by atoms with Crippen LogP contribution in [0, 0.1) is 62.4 Å². The van der Waals surface area contributed by atoms with Gasteiger partial charge < -0.3 is 24.6 Å². The molecule has 2 aromatic rings. The Morgan fingerprint density at radius 3 is 2.47 bits per heavy atom. The number of ether oxygens (including phenoxy) is 3. The largest absolute Gasteiger partial charge is 0.481 e. The molecule has 4 unspecified atom stereocenters. The number of amides is 1. The van der Waals surface area contributed by atoms with Crippen molar-refractivity contribution in [2.75, 3.05) is 39.6 Å². The first kappa shape index (κ1) is 44.2. The predicted molar refractivity (Wildman–Crippen MR) is 215 cm³/mol. The highest BCUT2D eigenvalue weighted by Gasteiger charge is 2.60. The second-order valence-electron chi connectivity index (χ2n) is 18.1. The molecule has 4 aliphatic carbocycles. The van der Waals surface area contributed by atoms with Crippen LogP contribution in [0.15, 0.2) is 21.9 Å². The maximum Gasteiger partial charge on any atom is 0.305 e. The van der Waals surface area contributed by atoms with Crippen molar-refractivity contribution in [3.05, 3.63) is 38.3 Å². The third-order valence-electron chi connectivity index (χ3n) is 15.1. The summed E-state index contributed by atoms with van der Waals surface area (Å²) in [5.41, 5.74) is 9.28. The average molecular weight is 824 g/mol. The topological polar surface area (TPSA) is 242 Å². The number of fused-ring (bicyclic) bond motifs is 6. The van der Waals surface area contributed by atoms with Crippen molar-refractivity contribution in [3.63, 3.8) is 0 Å². The fourth-order valence-electron chi connectivity index (χ4n) is 12.1. The summed E-state index contributed by atoms with van der Waals surface area (Å²) in [4.78, 5) is 51.7. The van der Waals surface area contributed by atoms with Gasteiger partial charge in [-0.05, 0) is 151 Å². The molecule has 0 spiro atoms. The summed E-state index contributed by atoms with van der Waals surface area (Å²) in [6.07, 6.45) is 11.4. The molecule has 1 aromatic heterocycles. The van der Waals surface area contributed by atoms with Gasteiger partial charge in [0.2, 0.25) is 11.4 Å². The number of hydrogen-bond acceptors (Lipinski definition) is 12. The van der Waals surface area contributed by atoms with Crippen molar-refractivity contribution in [3.8, 4) is 0 Å². The normalized spacial score (nSPS) is 29.6. The molecule has 324 valence electrons. The number of aliphatic carboxylic acids is 1. The van der Waals surface area contributed by atoms with Crippen molar-refractivity contribution in [2.24, 2.45) is 57.4 Å². The van der Waals surface area contributed by atoms with Gasteiger partial charge in [0.1, 0.15) is 12.1 Å². The van der Waals surface area contributed by atoms with E-state index in [1.54, 1.807) is 6.07 Å². The van der Waals surface area contributed by atoms with E-state index in [0.29, 0.717) is 73.9 Å². The van der Waals surface area contributed by atoms with E-state index in [1.165, 1.54) is 38.2 Å². The minimum Gasteiger partial charge on any atom is -0.481 e. The van der Waals surface area contributed by atoms with E-state index in [0.717, 1.165) is 32.1 Å². The van der Waals surface area contributed by atoms with Crippen molar-refractivity contribution in [2.45, 2.75) is 117 Å². The highest BCUT2D eigenvalue weighted by Crippen LogP contribution is 2.68. The maximum absolute atomic E-state index is 13.9. The number of aromatic nitrogens is 2. The average Bonchev–Trinajstić information content (AvgIpc) is 3.84. The number of carbonyl (C=O) groups is 3. The van der Waals surface area contributed by atoms with Gasteiger partial charge >= 0.3 is 17.6 Å². The number of esters is 1. The lowest BCUT2D eigenvalue weighted by Crippen LogP contribution is -2.56. The fourth-order valence-corrected chi connectivity index (χ4v) is 12.1. The van der Waals surface area contributed by atoms with Crippen LogP contribution < -0.4 is 5.32 Å². The number of hydrogen-bond donors (Lipinski definition) is 2. The number of benzene rings is 1. The van der Waals surface area contributed by atoms with Crippen LogP contribution in [0.25, 0.3) is 21.5 Å². The van der Waals surface area contributed by atoms with Crippen LogP contribution in [0.3, 0.4) is 0 Å². The number of carboxylic acid groups (broad SMARTS) is 1. The zero-order chi connectivity index (χ0) is 42.2. The zero-order valence-corrected chi connectivity index (χ0v) is 34.7. The summed E-state index contributed by atoms with van der Waals surface area (Å²) < 4.78 is 21.0. The zero-order valence-electron chi connectivity index (χ0n) is 34.7. The lowest BCUT2D eigenvalue weighted by atomic mass is 9.44. The van der Waals surface area contributed by atoms with Crippen molar-refractivity contribution >= 4 is 34.6 Å². The van der Waals surface area contributed by atoms with E-state index in [2.05, 4.69) is 46.4 Å². The molecular weight excluding hydrogens is 763 g/mol. The maximum atomic E-state index is 13.9. The van der Waals surface area contributed by atoms with Gasteiger partial charge in [0.15, 0.2) is 0 Å². The molecule has 0 bridgehead atoms. The van der Waals surface area contributed by atoms with E-state index < -0.39 is 16.8 Å². The second kappa shape index (κ2) is 19.8. The molecule has 4 saturated carbocycles. The number of carbonyl (C=O) groups excluding carboxylic acids is 2. The van der Waals surface area contributed by atoms with Gasteiger partial charge in [-0.15, -0.1) is 0 Å². The molecule has 0 radical (unpaired) electrons. The molecule has 0 aliphatic heterocycles. The number of nitro groups is 1. The fraction of sp³-hybridized carbons (Fsp3) is 0.786. The number of azide groups is 1. The van der Waals surface area contributed by atoms with Crippen LogP contribution in [0.5, 0.6) is 0 Å². The molecule has 1 heterocycles. The number of nitrogens with zero attached hydrogens (tertiary/aromatic N) is 6. The third kappa shape index (κ3) is 10.2.